The maximum absolute atomic E-state index is 13.0. The van der Waals surface area contributed by atoms with Gasteiger partial charge in [-0.3, -0.25) is 0 Å². The van der Waals surface area contributed by atoms with Crippen molar-refractivity contribution in [1.82, 2.24) is 15.0 Å². The van der Waals surface area contributed by atoms with E-state index in [9.17, 15) is 4.79 Å². The number of ether oxygens (including phenoxy) is 2. The van der Waals surface area contributed by atoms with Crippen LogP contribution in [0.5, 0.6) is 11.5 Å². The molecular formula is C21H21ClN4O4. The number of aromatic nitrogens is 2. The van der Waals surface area contributed by atoms with Crippen molar-refractivity contribution >= 4 is 23.3 Å². The second-order valence-corrected chi connectivity index (χ2v) is 7.25. The number of methoxy groups -OCH3 is 2. The molecule has 1 atom stereocenters. The van der Waals surface area contributed by atoms with E-state index in [1.54, 1.807) is 49.5 Å². The zero-order valence-corrected chi connectivity index (χ0v) is 17.3. The van der Waals surface area contributed by atoms with Gasteiger partial charge in [0.25, 0.3) is 0 Å². The molecule has 0 aliphatic carbocycles. The largest absolute Gasteiger partial charge is 0.497 e. The predicted octanol–water partition coefficient (Wildman–Crippen LogP) is 4.78. The third kappa shape index (κ3) is 4.04. The van der Waals surface area contributed by atoms with Gasteiger partial charge in [-0.15, -0.1) is 0 Å². The Balaban J connectivity index is 1.52. The second-order valence-electron chi connectivity index (χ2n) is 6.81. The Morgan fingerprint density at radius 3 is 2.87 bits per heavy atom. The molecule has 156 valence electrons. The minimum atomic E-state index is -0.297. The molecule has 8 nitrogen and oxygen atoms in total. The second kappa shape index (κ2) is 8.62. The van der Waals surface area contributed by atoms with Crippen LogP contribution in [0.1, 0.15) is 24.8 Å². The molecule has 1 aliphatic heterocycles. The molecule has 2 aromatic carbocycles. The van der Waals surface area contributed by atoms with Crippen LogP contribution in [0.2, 0.25) is 5.02 Å². The molecule has 3 aromatic rings. The molecule has 0 bridgehead atoms. The van der Waals surface area contributed by atoms with Crippen LogP contribution in [-0.4, -0.2) is 41.8 Å². The van der Waals surface area contributed by atoms with E-state index in [4.69, 9.17) is 25.6 Å². The summed E-state index contributed by atoms with van der Waals surface area (Å²) < 4.78 is 16.0. The minimum absolute atomic E-state index is 0.261. The van der Waals surface area contributed by atoms with Crippen molar-refractivity contribution < 1.29 is 18.8 Å². The minimum Gasteiger partial charge on any atom is -0.497 e. The first kappa shape index (κ1) is 20.0. The molecule has 1 aliphatic rings. The number of nitrogens with zero attached hydrogens (tertiary/aromatic N) is 3. The highest BCUT2D eigenvalue weighted by atomic mass is 35.5. The molecule has 1 N–H and O–H groups in total. The lowest BCUT2D eigenvalue weighted by atomic mass is 10.2. The Kier molecular flexibility index (Phi) is 5.76. The van der Waals surface area contributed by atoms with E-state index in [0.717, 1.165) is 18.4 Å². The molecule has 30 heavy (non-hydrogen) atoms. The molecule has 0 spiro atoms. The number of benzene rings is 2. The highest BCUT2D eigenvalue weighted by molar-refractivity contribution is 6.30. The standard InChI is InChI=1S/C21H21ClN4O4/c1-28-15-8-9-16(18(12-15)29-2)23-21(27)26-10-4-7-17(26)20-24-19(25-30-20)13-5-3-6-14(22)11-13/h3,5-6,8-9,11-12,17H,4,7,10H2,1-2H3,(H,23,27)/t17-/m1/s1. The summed E-state index contributed by atoms with van der Waals surface area (Å²) in [7, 11) is 3.11. The first-order valence-corrected chi connectivity index (χ1v) is 9.86. The Labute approximate surface area is 178 Å². The highest BCUT2D eigenvalue weighted by Crippen LogP contribution is 2.34. The molecule has 9 heteroatoms. The number of urea groups is 1. The van der Waals surface area contributed by atoms with Crippen LogP contribution in [0.25, 0.3) is 11.4 Å². The molecule has 4 rings (SSSR count). The maximum atomic E-state index is 13.0. The summed E-state index contributed by atoms with van der Waals surface area (Å²) in [5, 5.41) is 7.55. The number of rotatable bonds is 5. The van der Waals surface area contributed by atoms with Crippen LogP contribution in [0.3, 0.4) is 0 Å². The summed E-state index contributed by atoms with van der Waals surface area (Å²) in [4.78, 5) is 19.2. The van der Waals surface area contributed by atoms with Crippen molar-refractivity contribution in [3.05, 3.63) is 53.4 Å². The van der Waals surface area contributed by atoms with E-state index >= 15 is 0 Å². The van der Waals surface area contributed by atoms with Gasteiger partial charge in [-0.25, -0.2) is 4.79 Å². The average Bonchev–Trinajstić information content (AvgIpc) is 3.43. The van der Waals surface area contributed by atoms with Crippen LogP contribution < -0.4 is 14.8 Å². The van der Waals surface area contributed by atoms with Gasteiger partial charge in [0, 0.05) is 23.2 Å². The van der Waals surface area contributed by atoms with Gasteiger partial charge in [-0.05, 0) is 37.1 Å². The van der Waals surface area contributed by atoms with Gasteiger partial charge < -0.3 is 24.2 Å². The lowest BCUT2D eigenvalue weighted by Gasteiger charge is -2.23. The SMILES string of the molecule is COc1ccc(NC(=O)N2CCC[C@@H]2c2nc(-c3cccc(Cl)c3)no2)c(OC)c1. The molecule has 2 amide bonds. The van der Waals surface area contributed by atoms with E-state index in [2.05, 4.69) is 15.5 Å². The average molecular weight is 429 g/mol. The summed E-state index contributed by atoms with van der Waals surface area (Å²) in [5.41, 5.74) is 1.31. The van der Waals surface area contributed by atoms with E-state index in [0.29, 0.717) is 40.5 Å². The number of hydrogen-bond acceptors (Lipinski definition) is 6. The topological polar surface area (TPSA) is 89.7 Å². The maximum Gasteiger partial charge on any atom is 0.322 e. The van der Waals surface area contributed by atoms with Crippen LogP contribution in [0, 0.1) is 0 Å². The Morgan fingerprint density at radius 1 is 1.23 bits per heavy atom. The third-order valence-corrected chi connectivity index (χ3v) is 5.21. The lowest BCUT2D eigenvalue weighted by molar-refractivity contribution is 0.193. The van der Waals surface area contributed by atoms with E-state index in [1.165, 1.54) is 0 Å². The van der Waals surface area contributed by atoms with Crippen LogP contribution in [0.15, 0.2) is 47.0 Å². The first-order valence-electron chi connectivity index (χ1n) is 9.48. The van der Waals surface area contributed by atoms with Gasteiger partial charge in [0.05, 0.1) is 19.9 Å². The monoisotopic (exact) mass is 428 g/mol. The van der Waals surface area contributed by atoms with E-state index < -0.39 is 0 Å². The molecule has 1 aromatic heterocycles. The number of likely N-dealkylation sites (tertiary alicyclic amines) is 1. The number of carbonyl (C=O) groups excluding carboxylic acids is 1. The quantitative estimate of drug-likeness (QED) is 0.629. The molecule has 1 saturated heterocycles. The van der Waals surface area contributed by atoms with Crippen LogP contribution >= 0.6 is 11.6 Å². The van der Waals surface area contributed by atoms with Crippen molar-refractivity contribution in [2.24, 2.45) is 0 Å². The first-order chi connectivity index (χ1) is 14.6. The third-order valence-electron chi connectivity index (χ3n) is 4.97. The van der Waals surface area contributed by atoms with Gasteiger partial charge >= 0.3 is 6.03 Å². The molecule has 1 fully saturated rings. The van der Waals surface area contributed by atoms with Gasteiger partial charge in [0.15, 0.2) is 0 Å². The Bertz CT molecular complexity index is 1050. The number of carbonyl (C=O) groups is 1. The van der Waals surface area contributed by atoms with Crippen LogP contribution in [0.4, 0.5) is 10.5 Å². The summed E-state index contributed by atoms with van der Waals surface area (Å²) in [6.07, 6.45) is 1.58. The van der Waals surface area contributed by atoms with E-state index in [-0.39, 0.29) is 12.1 Å². The number of amides is 2. The highest BCUT2D eigenvalue weighted by Gasteiger charge is 2.34. The smallest absolute Gasteiger partial charge is 0.322 e. The molecule has 2 heterocycles. The van der Waals surface area contributed by atoms with Gasteiger partial charge in [-0.2, -0.15) is 4.98 Å². The van der Waals surface area contributed by atoms with E-state index in [1.807, 2.05) is 12.1 Å². The summed E-state index contributed by atoms with van der Waals surface area (Å²) in [6, 6.07) is 11.9. The summed E-state index contributed by atoms with van der Waals surface area (Å²) >= 11 is 6.05. The summed E-state index contributed by atoms with van der Waals surface area (Å²) in [6.45, 7) is 0.587. The Hall–Kier alpha value is -3.26. The van der Waals surface area contributed by atoms with Crippen LogP contribution in [-0.2, 0) is 0 Å². The number of hydrogen-bond donors (Lipinski definition) is 1. The van der Waals surface area contributed by atoms with Gasteiger partial charge in [0.1, 0.15) is 17.5 Å². The number of nitrogens with one attached hydrogen (secondary N) is 1. The van der Waals surface area contributed by atoms with Crippen molar-refractivity contribution in [2.45, 2.75) is 18.9 Å². The Morgan fingerprint density at radius 2 is 2.10 bits per heavy atom. The molecule has 0 unspecified atom stereocenters. The van der Waals surface area contributed by atoms with Crippen molar-refractivity contribution in [1.29, 1.82) is 0 Å². The fourth-order valence-electron chi connectivity index (χ4n) is 3.47. The molecule has 0 radical (unpaired) electrons. The van der Waals surface area contributed by atoms with Crippen molar-refractivity contribution in [3.63, 3.8) is 0 Å². The molecule has 0 saturated carbocycles. The normalized spacial score (nSPS) is 15.8. The fraction of sp³-hybridized carbons (Fsp3) is 0.286. The molecular weight excluding hydrogens is 408 g/mol. The lowest BCUT2D eigenvalue weighted by Crippen LogP contribution is -2.34. The zero-order chi connectivity index (χ0) is 21.1. The summed E-state index contributed by atoms with van der Waals surface area (Å²) in [5.74, 6) is 2.00. The van der Waals surface area contributed by atoms with Crippen molar-refractivity contribution in [3.8, 4) is 22.9 Å². The zero-order valence-electron chi connectivity index (χ0n) is 16.6. The van der Waals surface area contributed by atoms with Gasteiger partial charge in [-0.1, -0.05) is 28.9 Å². The number of anilines is 1. The fourth-order valence-corrected chi connectivity index (χ4v) is 3.66. The number of halogens is 1. The van der Waals surface area contributed by atoms with Gasteiger partial charge in [0.2, 0.25) is 11.7 Å². The van der Waals surface area contributed by atoms with Crippen molar-refractivity contribution in [2.75, 3.05) is 26.1 Å². The predicted molar refractivity (Wildman–Crippen MR) is 112 cm³/mol.